The predicted octanol–water partition coefficient (Wildman–Crippen LogP) is 7.75. The van der Waals surface area contributed by atoms with Crippen LogP contribution in [-0.2, 0) is 19.4 Å². The SMILES string of the molecule is CC(C)(C)[C@@H]1CCc2c(sc(N=Cc3ccc(OCc4cccc(Cl)c4)cc3)c2C#N)C1. The molecule has 2 aromatic carbocycles. The number of nitrogens with zero attached hydrogens (tertiary/aromatic N) is 2. The first-order chi connectivity index (χ1) is 15.3. The summed E-state index contributed by atoms with van der Waals surface area (Å²) in [6.07, 6.45) is 5.00. The van der Waals surface area contributed by atoms with Crippen molar-refractivity contribution in [3.05, 3.63) is 80.7 Å². The summed E-state index contributed by atoms with van der Waals surface area (Å²) in [5, 5.41) is 11.3. The fourth-order valence-electron chi connectivity index (χ4n) is 4.09. The summed E-state index contributed by atoms with van der Waals surface area (Å²) in [6, 6.07) is 17.9. The Labute approximate surface area is 199 Å². The van der Waals surface area contributed by atoms with Crippen molar-refractivity contribution in [1.82, 2.24) is 0 Å². The predicted molar refractivity (Wildman–Crippen MR) is 133 cm³/mol. The second-order valence-electron chi connectivity index (χ2n) is 9.35. The fraction of sp³-hybridized carbons (Fsp3) is 0.333. The molecule has 3 nitrogen and oxygen atoms in total. The van der Waals surface area contributed by atoms with Crippen molar-refractivity contribution in [2.24, 2.45) is 16.3 Å². The highest BCUT2D eigenvalue weighted by Crippen LogP contribution is 2.44. The van der Waals surface area contributed by atoms with Crippen LogP contribution in [0.25, 0.3) is 0 Å². The third kappa shape index (κ3) is 5.23. The first-order valence-electron chi connectivity index (χ1n) is 10.9. The van der Waals surface area contributed by atoms with E-state index in [0.717, 1.165) is 46.7 Å². The average Bonchev–Trinajstić information content (AvgIpc) is 3.13. The molecule has 4 rings (SSSR count). The molecule has 5 heteroatoms. The summed E-state index contributed by atoms with van der Waals surface area (Å²) in [6.45, 7) is 7.39. The average molecular weight is 463 g/mol. The first-order valence-corrected chi connectivity index (χ1v) is 12.1. The van der Waals surface area contributed by atoms with Gasteiger partial charge in [-0.05, 0) is 83.7 Å². The maximum absolute atomic E-state index is 9.75. The molecule has 32 heavy (non-hydrogen) atoms. The van der Waals surface area contributed by atoms with Gasteiger partial charge in [-0.2, -0.15) is 5.26 Å². The summed E-state index contributed by atoms with van der Waals surface area (Å²) in [5.41, 5.74) is 4.27. The van der Waals surface area contributed by atoms with Crippen LogP contribution in [0.1, 0.15) is 54.3 Å². The summed E-state index contributed by atoms with van der Waals surface area (Å²) in [5.74, 6) is 1.44. The Balaban J connectivity index is 1.44. The van der Waals surface area contributed by atoms with Crippen molar-refractivity contribution < 1.29 is 4.74 Å². The summed E-state index contributed by atoms with van der Waals surface area (Å²) >= 11 is 7.70. The number of hydrogen-bond donors (Lipinski definition) is 0. The molecular formula is C27H27ClN2OS. The lowest BCUT2D eigenvalue weighted by Crippen LogP contribution is -2.26. The van der Waals surface area contributed by atoms with Crippen molar-refractivity contribution in [3.8, 4) is 11.8 Å². The number of benzene rings is 2. The zero-order valence-electron chi connectivity index (χ0n) is 18.7. The first kappa shape index (κ1) is 22.6. The minimum absolute atomic E-state index is 0.286. The van der Waals surface area contributed by atoms with Crippen molar-refractivity contribution in [1.29, 1.82) is 5.26 Å². The molecule has 0 saturated heterocycles. The standard InChI is InChI=1S/C27H27ClN2OS/c1-27(2,3)20-9-12-23-24(15-29)26(32-25(23)14-20)30-16-18-7-10-22(11-8-18)31-17-19-5-4-6-21(28)13-19/h4-8,10-11,13,16,20H,9,12,14,17H2,1-3H3/t20-/m1/s1. The molecule has 1 aromatic heterocycles. The molecule has 0 aliphatic heterocycles. The van der Waals surface area contributed by atoms with Crippen LogP contribution in [0.5, 0.6) is 5.75 Å². The third-order valence-electron chi connectivity index (χ3n) is 6.09. The Bertz CT molecular complexity index is 1170. The molecule has 1 heterocycles. The van der Waals surface area contributed by atoms with Gasteiger partial charge >= 0.3 is 0 Å². The number of halogens is 1. The molecule has 0 spiro atoms. The number of aliphatic imine (C=N–C) groups is 1. The second kappa shape index (κ2) is 9.48. The Hall–Kier alpha value is -2.61. The molecule has 164 valence electrons. The highest BCUT2D eigenvalue weighted by molar-refractivity contribution is 7.16. The zero-order valence-corrected chi connectivity index (χ0v) is 20.3. The van der Waals surface area contributed by atoms with E-state index in [1.54, 1.807) is 11.3 Å². The van der Waals surface area contributed by atoms with Crippen LogP contribution in [-0.4, -0.2) is 6.21 Å². The quantitative estimate of drug-likeness (QED) is 0.364. The van der Waals surface area contributed by atoms with Crippen LogP contribution >= 0.6 is 22.9 Å². The fourth-order valence-corrected chi connectivity index (χ4v) is 5.53. The van der Waals surface area contributed by atoms with Crippen molar-refractivity contribution in [2.75, 3.05) is 0 Å². The van der Waals surface area contributed by atoms with Crippen LogP contribution in [0.15, 0.2) is 53.5 Å². The van der Waals surface area contributed by atoms with E-state index in [4.69, 9.17) is 16.3 Å². The topological polar surface area (TPSA) is 45.4 Å². The smallest absolute Gasteiger partial charge is 0.134 e. The van der Waals surface area contributed by atoms with Crippen molar-refractivity contribution in [3.63, 3.8) is 0 Å². The molecule has 0 bridgehead atoms. The number of ether oxygens (including phenoxy) is 1. The lowest BCUT2D eigenvalue weighted by Gasteiger charge is -2.33. The molecule has 1 aliphatic carbocycles. The van der Waals surface area contributed by atoms with Crippen molar-refractivity contribution >= 4 is 34.2 Å². The maximum atomic E-state index is 9.75. The Morgan fingerprint density at radius 3 is 2.69 bits per heavy atom. The molecule has 1 aliphatic rings. The molecule has 0 saturated carbocycles. The number of rotatable bonds is 5. The molecule has 0 N–H and O–H groups in total. The van der Waals surface area contributed by atoms with E-state index < -0.39 is 0 Å². The van der Waals surface area contributed by atoms with Gasteiger partial charge in [0, 0.05) is 16.1 Å². The molecule has 0 radical (unpaired) electrons. The summed E-state index contributed by atoms with van der Waals surface area (Å²) in [4.78, 5) is 6.03. The van der Waals surface area contributed by atoms with Crippen LogP contribution < -0.4 is 4.74 Å². The molecular weight excluding hydrogens is 436 g/mol. The maximum Gasteiger partial charge on any atom is 0.134 e. The van der Waals surface area contributed by atoms with Gasteiger partial charge in [-0.1, -0.05) is 44.5 Å². The molecule has 0 fully saturated rings. The van der Waals surface area contributed by atoms with Gasteiger partial charge in [0.25, 0.3) is 0 Å². The Morgan fingerprint density at radius 2 is 2.00 bits per heavy atom. The van der Waals surface area contributed by atoms with Gasteiger partial charge in [-0.25, -0.2) is 4.99 Å². The van der Waals surface area contributed by atoms with Gasteiger partial charge in [-0.15, -0.1) is 11.3 Å². The largest absolute Gasteiger partial charge is 0.489 e. The van der Waals surface area contributed by atoms with Crippen LogP contribution in [0.4, 0.5) is 5.00 Å². The highest BCUT2D eigenvalue weighted by atomic mass is 35.5. The number of fused-ring (bicyclic) bond motifs is 1. The zero-order chi connectivity index (χ0) is 22.7. The van der Waals surface area contributed by atoms with E-state index in [9.17, 15) is 5.26 Å². The molecule has 0 amide bonds. The minimum Gasteiger partial charge on any atom is -0.489 e. The molecule has 1 atom stereocenters. The van der Waals surface area contributed by atoms with E-state index in [1.165, 1.54) is 10.4 Å². The lowest BCUT2D eigenvalue weighted by atomic mass is 9.72. The van der Waals surface area contributed by atoms with E-state index in [0.29, 0.717) is 17.5 Å². The van der Waals surface area contributed by atoms with Gasteiger partial charge in [-0.3, -0.25) is 0 Å². The van der Waals surface area contributed by atoms with Gasteiger partial charge < -0.3 is 4.74 Å². The van der Waals surface area contributed by atoms with E-state index >= 15 is 0 Å². The highest BCUT2D eigenvalue weighted by Gasteiger charge is 2.32. The minimum atomic E-state index is 0.286. The number of nitriles is 1. The van der Waals surface area contributed by atoms with Gasteiger partial charge in [0.15, 0.2) is 0 Å². The Morgan fingerprint density at radius 1 is 1.22 bits per heavy atom. The number of hydrogen-bond acceptors (Lipinski definition) is 4. The number of thiophene rings is 1. The Kier molecular flexibility index (Phi) is 6.69. The molecule has 0 unspecified atom stereocenters. The van der Waals surface area contributed by atoms with Gasteiger partial charge in [0.1, 0.15) is 23.4 Å². The lowest BCUT2D eigenvalue weighted by molar-refractivity contribution is 0.218. The van der Waals surface area contributed by atoms with Crippen molar-refractivity contribution in [2.45, 2.75) is 46.6 Å². The van der Waals surface area contributed by atoms with Crippen LogP contribution in [0, 0.1) is 22.7 Å². The van der Waals surface area contributed by atoms with Crippen LogP contribution in [0.3, 0.4) is 0 Å². The van der Waals surface area contributed by atoms with Crippen LogP contribution in [0.2, 0.25) is 5.02 Å². The van der Waals surface area contributed by atoms with E-state index in [-0.39, 0.29) is 5.41 Å². The third-order valence-corrected chi connectivity index (χ3v) is 7.49. The monoisotopic (exact) mass is 462 g/mol. The summed E-state index contributed by atoms with van der Waals surface area (Å²) in [7, 11) is 0. The van der Waals surface area contributed by atoms with E-state index in [1.807, 2.05) is 54.7 Å². The van der Waals surface area contributed by atoms with E-state index in [2.05, 4.69) is 31.8 Å². The van der Waals surface area contributed by atoms with Gasteiger partial charge in [0.05, 0.1) is 5.56 Å². The summed E-state index contributed by atoms with van der Waals surface area (Å²) < 4.78 is 5.85. The second-order valence-corrected chi connectivity index (χ2v) is 10.9. The van der Waals surface area contributed by atoms with Gasteiger partial charge in [0.2, 0.25) is 0 Å². The molecule has 3 aromatic rings. The normalized spacial score (nSPS) is 16.0.